The second kappa shape index (κ2) is 4.94. The number of nitrogens with zero attached hydrogens (tertiary/aromatic N) is 1. The summed E-state index contributed by atoms with van der Waals surface area (Å²) in [5.41, 5.74) is 1.19. The van der Waals surface area contributed by atoms with Crippen LogP contribution in [0, 0.1) is 5.92 Å². The van der Waals surface area contributed by atoms with Crippen molar-refractivity contribution < 1.29 is 4.42 Å². The Hall–Kier alpha value is -1.61. The number of hydrogen-bond acceptors (Lipinski definition) is 3. The second-order valence-corrected chi connectivity index (χ2v) is 5.09. The van der Waals surface area contributed by atoms with Crippen LogP contribution in [0.25, 0.3) is 0 Å². The normalized spacial score (nSPS) is 22.1. The van der Waals surface area contributed by atoms with E-state index in [-0.39, 0.29) is 0 Å². The van der Waals surface area contributed by atoms with Crippen molar-refractivity contribution in [2.75, 3.05) is 0 Å². The van der Waals surface area contributed by atoms with E-state index in [2.05, 4.69) is 35.4 Å². The van der Waals surface area contributed by atoms with E-state index in [1.807, 2.05) is 12.3 Å². The average molecular weight is 242 g/mol. The lowest BCUT2D eigenvalue weighted by atomic mass is 10.3. The van der Waals surface area contributed by atoms with E-state index >= 15 is 0 Å². The van der Waals surface area contributed by atoms with Gasteiger partial charge in [0.2, 0.25) is 0 Å². The van der Waals surface area contributed by atoms with Gasteiger partial charge in [0.1, 0.15) is 11.5 Å². The van der Waals surface area contributed by atoms with Crippen LogP contribution in [0.5, 0.6) is 0 Å². The predicted molar refractivity (Wildman–Crippen MR) is 70.0 cm³/mol. The van der Waals surface area contributed by atoms with Crippen LogP contribution in [0.1, 0.15) is 36.3 Å². The van der Waals surface area contributed by atoms with E-state index in [0.29, 0.717) is 5.92 Å². The summed E-state index contributed by atoms with van der Waals surface area (Å²) >= 11 is 0. The van der Waals surface area contributed by atoms with Gasteiger partial charge in [0.15, 0.2) is 0 Å². The molecule has 2 aromatic heterocycles. The van der Waals surface area contributed by atoms with E-state index in [1.165, 1.54) is 12.0 Å². The van der Waals surface area contributed by atoms with Crippen molar-refractivity contribution in [3.63, 3.8) is 0 Å². The molecule has 3 nitrogen and oxygen atoms in total. The van der Waals surface area contributed by atoms with Gasteiger partial charge in [-0.15, -0.1) is 0 Å². The maximum atomic E-state index is 5.84. The minimum absolute atomic E-state index is 0.664. The molecule has 2 heterocycles. The molecule has 0 saturated heterocycles. The molecule has 1 saturated carbocycles. The lowest BCUT2D eigenvalue weighted by Crippen LogP contribution is -2.12. The van der Waals surface area contributed by atoms with Crippen LogP contribution in [0.3, 0.4) is 0 Å². The third-order valence-electron chi connectivity index (χ3n) is 3.51. The first-order valence-electron chi connectivity index (χ1n) is 6.51. The Labute approximate surface area is 107 Å². The van der Waals surface area contributed by atoms with E-state index in [1.54, 1.807) is 6.20 Å². The molecule has 1 fully saturated rings. The Kier molecular flexibility index (Phi) is 3.15. The van der Waals surface area contributed by atoms with Crippen molar-refractivity contribution in [3.8, 4) is 0 Å². The molecule has 1 N–H and O–H groups in total. The second-order valence-electron chi connectivity index (χ2n) is 5.09. The van der Waals surface area contributed by atoms with Gasteiger partial charge in [-0.1, -0.05) is 13.0 Å². The van der Waals surface area contributed by atoms with Crippen LogP contribution in [-0.2, 0) is 13.1 Å². The van der Waals surface area contributed by atoms with Crippen molar-refractivity contribution >= 4 is 0 Å². The molecule has 18 heavy (non-hydrogen) atoms. The summed E-state index contributed by atoms with van der Waals surface area (Å²) in [5.74, 6) is 3.64. The Balaban J connectivity index is 1.50. The predicted octanol–water partition coefficient (Wildman–Crippen LogP) is 3.09. The summed E-state index contributed by atoms with van der Waals surface area (Å²) in [4.78, 5) is 4.09. The molecule has 2 atom stereocenters. The number of furan rings is 1. The average Bonchev–Trinajstić information content (AvgIpc) is 2.94. The van der Waals surface area contributed by atoms with Gasteiger partial charge < -0.3 is 9.73 Å². The lowest BCUT2D eigenvalue weighted by Gasteiger charge is -2.02. The minimum atomic E-state index is 0.664. The van der Waals surface area contributed by atoms with Gasteiger partial charge in [0.05, 0.1) is 6.54 Å². The smallest absolute Gasteiger partial charge is 0.117 e. The van der Waals surface area contributed by atoms with Crippen LogP contribution in [0.2, 0.25) is 0 Å². The molecule has 3 heteroatoms. The zero-order valence-corrected chi connectivity index (χ0v) is 10.6. The largest absolute Gasteiger partial charge is 0.464 e. The molecule has 2 aromatic rings. The third-order valence-corrected chi connectivity index (χ3v) is 3.51. The monoisotopic (exact) mass is 242 g/mol. The summed E-state index contributed by atoms with van der Waals surface area (Å²) in [6, 6.07) is 8.22. The first-order chi connectivity index (χ1) is 8.83. The zero-order chi connectivity index (χ0) is 12.4. The Morgan fingerprint density at radius 3 is 2.94 bits per heavy atom. The molecule has 1 aliphatic carbocycles. The van der Waals surface area contributed by atoms with Gasteiger partial charge in [0.25, 0.3) is 0 Å². The Morgan fingerprint density at radius 2 is 2.22 bits per heavy atom. The first kappa shape index (κ1) is 11.5. The highest BCUT2D eigenvalue weighted by atomic mass is 16.3. The van der Waals surface area contributed by atoms with Crippen molar-refractivity contribution in [1.82, 2.24) is 10.3 Å². The highest BCUT2D eigenvalue weighted by Gasteiger charge is 2.36. The van der Waals surface area contributed by atoms with Crippen LogP contribution >= 0.6 is 0 Å². The van der Waals surface area contributed by atoms with Gasteiger partial charge in [-0.2, -0.15) is 0 Å². The minimum Gasteiger partial charge on any atom is -0.464 e. The van der Waals surface area contributed by atoms with Crippen LogP contribution in [-0.4, -0.2) is 4.98 Å². The molecule has 0 unspecified atom stereocenters. The first-order valence-corrected chi connectivity index (χ1v) is 6.51. The fraction of sp³-hybridized carbons (Fsp3) is 0.400. The standard InChI is InChI=1S/C15H18N2O/c1-11-7-14(11)15-5-4-13(18-15)10-17-9-12-3-2-6-16-8-12/h2-6,8,11,14,17H,7,9-10H2,1H3/t11-,14+/m1/s1. The van der Waals surface area contributed by atoms with Crippen molar-refractivity contribution in [2.24, 2.45) is 5.92 Å². The molecule has 0 aromatic carbocycles. The van der Waals surface area contributed by atoms with E-state index in [9.17, 15) is 0 Å². The van der Waals surface area contributed by atoms with E-state index < -0.39 is 0 Å². The number of nitrogens with one attached hydrogen (secondary N) is 1. The summed E-state index contributed by atoms with van der Waals surface area (Å²) in [6.07, 6.45) is 4.95. The number of hydrogen-bond donors (Lipinski definition) is 1. The SMILES string of the molecule is C[C@@H]1C[C@@H]1c1ccc(CNCc2cccnc2)o1. The molecule has 0 spiro atoms. The van der Waals surface area contributed by atoms with Gasteiger partial charge in [-0.25, -0.2) is 0 Å². The maximum absolute atomic E-state index is 5.84. The van der Waals surface area contributed by atoms with Crippen molar-refractivity contribution in [1.29, 1.82) is 0 Å². The summed E-state index contributed by atoms with van der Waals surface area (Å²) in [6.45, 7) is 3.87. The molecule has 0 amide bonds. The topological polar surface area (TPSA) is 38.1 Å². The molecule has 94 valence electrons. The molecular weight excluding hydrogens is 224 g/mol. The molecule has 1 aliphatic rings. The highest BCUT2D eigenvalue weighted by molar-refractivity contribution is 5.17. The number of pyridine rings is 1. The molecule has 0 bridgehead atoms. The highest BCUT2D eigenvalue weighted by Crippen LogP contribution is 2.47. The Morgan fingerprint density at radius 1 is 1.33 bits per heavy atom. The van der Waals surface area contributed by atoms with Gasteiger partial charge in [-0.3, -0.25) is 4.98 Å². The van der Waals surface area contributed by atoms with Gasteiger partial charge in [0, 0.05) is 24.9 Å². The number of rotatable bonds is 5. The summed E-state index contributed by atoms with van der Waals surface area (Å²) < 4.78 is 5.84. The fourth-order valence-electron chi connectivity index (χ4n) is 2.24. The number of aromatic nitrogens is 1. The van der Waals surface area contributed by atoms with Crippen LogP contribution in [0.4, 0.5) is 0 Å². The third kappa shape index (κ3) is 2.62. The summed E-state index contributed by atoms with van der Waals surface area (Å²) in [7, 11) is 0. The molecular formula is C15H18N2O. The van der Waals surface area contributed by atoms with Crippen molar-refractivity contribution in [3.05, 3.63) is 53.7 Å². The molecule has 0 radical (unpaired) electrons. The van der Waals surface area contributed by atoms with Gasteiger partial charge >= 0.3 is 0 Å². The fourth-order valence-corrected chi connectivity index (χ4v) is 2.24. The Bertz CT molecular complexity index is 506. The van der Waals surface area contributed by atoms with Gasteiger partial charge in [-0.05, 0) is 36.1 Å². The summed E-state index contributed by atoms with van der Waals surface area (Å²) in [5, 5.41) is 3.37. The van der Waals surface area contributed by atoms with Crippen molar-refractivity contribution in [2.45, 2.75) is 32.4 Å². The molecule has 3 rings (SSSR count). The van der Waals surface area contributed by atoms with Crippen LogP contribution < -0.4 is 5.32 Å². The van der Waals surface area contributed by atoms with Crippen LogP contribution in [0.15, 0.2) is 41.1 Å². The zero-order valence-electron chi connectivity index (χ0n) is 10.6. The maximum Gasteiger partial charge on any atom is 0.117 e. The van der Waals surface area contributed by atoms with E-state index in [0.717, 1.165) is 30.5 Å². The lowest BCUT2D eigenvalue weighted by molar-refractivity contribution is 0.444. The van der Waals surface area contributed by atoms with E-state index in [4.69, 9.17) is 4.42 Å². The molecule has 0 aliphatic heterocycles. The quantitative estimate of drug-likeness (QED) is 0.875.